The van der Waals surface area contributed by atoms with Crippen molar-refractivity contribution in [1.29, 1.82) is 0 Å². The van der Waals surface area contributed by atoms with Crippen LogP contribution in [-0.2, 0) is 9.53 Å². The number of hydrazone groups is 1. The van der Waals surface area contributed by atoms with E-state index in [2.05, 4.69) is 5.10 Å². The molecule has 34 heavy (non-hydrogen) atoms. The van der Waals surface area contributed by atoms with Crippen LogP contribution in [0.15, 0.2) is 74.5 Å². The third kappa shape index (κ3) is 4.39. The summed E-state index contributed by atoms with van der Waals surface area (Å²) in [5, 5.41) is 16.0. The number of nitrogens with zero attached hydrogens (tertiary/aromatic N) is 2. The lowest BCUT2D eigenvalue weighted by atomic mass is 9.79. The van der Waals surface area contributed by atoms with Gasteiger partial charge >= 0.3 is 5.97 Å². The van der Waals surface area contributed by atoms with Crippen molar-refractivity contribution in [2.45, 2.75) is 25.3 Å². The van der Waals surface area contributed by atoms with E-state index in [0.717, 1.165) is 39.9 Å². The highest BCUT2D eigenvalue weighted by atomic mass is 127. The Labute approximate surface area is 209 Å². The molecule has 2 aromatic heterocycles. The number of rotatable bonds is 5. The molecule has 2 unspecified atom stereocenters. The first-order chi connectivity index (χ1) is 16.5. The summed E-state index contributed by atoms with van der Waals surface area (Å²) < 4.78 is 17.1. The van der Waals surface area contributed by atoms with E-state index < -0.39 is 24.5 Å². The van der Waals surface area contributed by atoms with Crippen molar-refractivity contribution in [2.24, 2.45) is 11.0 Å². The predicted molar refractivity (Wildman–Crippen MR) is 131 cm³/mol. The van der Waals surface area contributed by atoms with Crippen molar-refractivity contribution in [2.75, 3.05) is 6.61 Å². The monoisotopic (exact) mass is 572 g/mol. The summed E-state index contributed by atoms with van der Waals surface area (Å²) in [6.45, 7) is -0.512. The van der Waals surface area contributed by atoms with Crippen LogP contribution in [0.1, 0.15) is 47.2 Å². The van der Waals surface area contributed by atoms with Crippen LogP contribution in [0.2, 0.25) is 0 Å². The van der Waals surface area contributed by atoms with Crippen molar-refractivity contribution in [1.82, 2.24) is 5.01 Å². The number of phenolic OH excluding ortho intramolecular Hbond substituents is 1. The molecular weight excluding hydrogens is 551 g/mol. The van der Waals surface area contributed by atoms with Gasteiger partial charge in [0.15, 0.2) is 6.61 Å². The van der Waals surface area contributed by atoms with E-state index in [4.69, 9.17) is 13.6 Å². The molecule has 9 heteroatoms. The molecule has 3 heterocycles. The Kier molecular flexibility index (Phi) is 6.27. The molecule has 0 bridgehead atoms. The third-order valence-electron chi connectivity index (χ3n) is 5.96. The predicted octanol–water partition coefficient (Wildman–Crippen LogP) is 5.16. The number of phenols is 1. The van der Waals surface area contributed by atoms with E-state index in [0.29, 0.717) is 5.76 Å². The number of carbonyl (C=O) groups is 2. The van der Waals surface area contributed by atoms with E-state index >= 15 is 0 Å². The van der Waals surface area contributed by atoms with Gasteiger partial charge in [0.05, 0.1) is 18.2 Å². The standard InChI is InChI=1S/C25H21IN2O6/c26-16-8-9-20(29)19(13-16)25(31)34-14-22(30)28-24(21-7-3-11-33-21)18-6-1-4-15(23(18)27-28)12-17-5-2-10-32-17/h2-3,5,7-13,18,24,29H,1,4,6,14H2. The summed E-state index contributed by atoms with van der Waals surface area (Å²) >= 11 is 2.03. The van der Waals surface area contributed by atoms with E-state index in [9.17, 15) is 14.7 Å². The minimum Gasteiger partial charge on any atom is -0.507 e. The maximum atomic E-state index is 13.2. The Morgan fingerprint density at radius 3 is 2.79 bits per heavy atom. The van der Waals surface area contributed by atoms with Gasteiger partial charge in [0.1, 0.15) is 28.9 Å². The number of allylic oxidation sites excluding steroid dienone is 1. The van der Waals surface area contributed by atoms with E-state index in [1.807, 2.05) is 46.9 Å². The lowest BCUT2D eigenvalue weighted by Gasteiger charge is -2.27. The second-order valence-electron chi connectivity index (χ2n) is 8.11. The quantitative estimate of drug-likeness (QED) is 0.335. The van der Waals surface area contributed by atoms with Gasteiger partial charge in [-0.15, -0.1) is 0 Å². The topological polar surface area (TPSA) is 105 Å². The first-order valence-electron chi connectivity index (χ1n) is 10.9. The van der Waals surface area contributed by atoms with Crippen LogP contribution in [0.3, 0.4) is 0 Å². The maximum absolute atomic E-state index is 13.2. The van der Waals surface area contributed by atoms with Crippen molar-refractivity contribution in [3.63, 3.8) is 0 Å². The minimum atomic E-state index is -0.776. The molecule has 0 radical (unpaired) electrons. The zero-order valence-electron chi connectivity index (χ0n) is 18.0. The molecule has 5 rings (SSSR count). The van der Waals surface area contributed by atoms with E-state index in [1.165, 1.54) is 17.1 Å². The number of carbonyl (C=O) groups excluding carboxylic acids is 2. The number of esters is 1. The maximum Gasteiger partial charge on any atom is 0.342 e. The van der Waals surface area contributed by atoms with E-state index in [-0.39, 0.29) is 17.2 Å². The van der Waals surface area contributed by atoms with Crippen LogP contribution in [-0.4, -0.2) is 34.3 Å². The van der Waals surface area contributed by atoms with Crippen molar-refractivity contribution < 1.29 is 28.3 Å². The summed E-state index contributed by atoms with van der Waals surface area (Å²) in [6, 6.07) is 11.5. The molecule has 1 fully saturated rings. The molecular formula is C25H21IN2O6. The largest absolute Gasteiger partial charge is 0.507 e. The summed E-state index contributed by atoms with van der Waals surface area (Å²) in [6.07, 6.45) is 7.75. The van der Waals surface area contributed by atoms with Gasteiger partial charge in [-0.25, -0.2) is 9.80 Å². The Hall–Kier alpha value is -3.34. The van der Waals surface area contributed by atoms with E-state index in [1.54, 1.807) is 24.7 Å². The van der Waals surface area contributed by atoms with Gasteiger partial charge in [-0.1, -0.05) is 0 Å². The molecule has 8 nitrogen and oxygen atoms in total. The average molecular weight is 572 g/mol. The molecule has 0 spiro atoms. The summed E-state index contributed by atoms with van der Waals surface area (Å²) in [7, 11) is 0. The van der Waals surface area contributed by atoms with Gasteiger partial charge in [-0.3, -0.25) is 4.79 Å². The number of halogens is 1. The normalized spacial score (nSPS) is 20.8. The van der Waals surface area contributed by atoms with Crippen LogP contribution in [0.25, 0.3) is 6.08 Å². The number of ether oxygens (including phenoxy) is 1. The number of aromatic hydroxyl groups is 1. The zero-order valence-corrected chi connectivity index (χ0v) is 20.2. The van der Waals surface area contributed by atoms with Crippen molar-refractivity contribution >= 4 is 46.3 Å². The molecule has 2 aliphatic rings. The number of furan rings is 2. The van der Waals surface area contributed by atoms with Gasteiger partial charge in [-0.2, -0.15) is 5.10 Å². The molecule has 1 aliphatic carbocycles. The van der Waals surface area contributed by atoms with Gasteiger partial charge < -0.3 is 18.7 Å². The fraction of sp³-hybridized carbons (Fsp3) is 0.240. The SMILES string of the molecule is O=C(OCC(=O)N1N=C2C(=Cc3ccco3)CCCC2C1c1ccco1)c1cc(I)ccc1O. The lowest BCUT2D eigenvalue weighted by molar-refractivity contribution is -0.137. The Morgan fingerprint density at radius 1 is 1.21 bits per heavy atom. The van der Waals surface area contributed by atoms with Gasteiger partial charge in [0.25, 0.3) is 5.91 Å². The second kappa shape index (κ2) is 9.49. The number of amides is 1. The second-order valence-corrected chi connectivity index (χ2v) is 9.35. The molecule has 1 saturated carbocycles. The van der Waals surface area contributed by atoms with Crippen molar-refractivity contribution in [3.8, 4) is 5.75 Å². The Morgan fingerprint density at radius 2 is 2.03 bits per heavy atom. The molecule has 1 aliphatic heterocycles. The fourth-order valence-corrected chi connectivity index (χ4v) is 4.92. The highest BCUT2D eigenvalue weighted by molar-refractivity contribution is 14.1. The van der Waals surface area contributed by atoms with Crippen LogP contribution < -0.4 is 0 Å². The molecule has 3 aromatic rings. The third-order valence-corrected chi connectivity index (χ3v) is 6.63. The molecule has 1 amide bonds. The van der Waals surface area contributed by atoms with Gasteiger partial charge in [0.2, 0.25) is 0 Å². The van der Waals surface area contributed by atoms with Crippen LogP contribution in [0.4, 0.5) is 0 Å². The fourth-order valence-electron chi connectivity index (χ4n) is 4.43. The Bertz CT molecular complexity index is 1260. The zero-order chi connectivity index (χ0) is 23.7. The first-order valence-corrected chi connectivity index (χ1v) is 11.9. The summed E-state index contributed by atoms with van der Waals surface area (Å²) in [5.74, 6) is -0.144. The van der Waals surface area contributed by atoms with Gasteiger partial charge in [-0.05, 0) is 96.0 Å². The minimum absolute atomic E-state index is 0.00681. The lowest BCUT2D eigenvalue weighted by Crippen LogP contribution is -2.34. The molecule has 0 saturated heterocycles. The van der Waals surface area contributed by atoms with Crippen LogP contribution in [0, 0.1) is 9.49 Å². The number of hydrogen-bond acceptors (Lipinski definition) is 7. The molecule has 1 aromatic carbocycles. The molecule has 1 N–H and O–H groups in total. The highest BCUT2D eigenvalue weighted by Crippen LogP contribution is 2.44. The van der Waals surface area contributed by atoms with Crippen molar-refractivity contribution in [3.05, 3.63) is 81.2 Å². The molecule has 174 valence electrons. The van der Waals surface area contributed by atoms with Gasteiger partial charge in [0, 0.05) is 9.49 Å². The van der Waals surface area contributed by atoms with Crippen LogP contribution >= 0.6 is 22.6 Å². The number of hydrogen-bond donors (Lipinski definition) is 1. The summed E-state index contributed by atoms with van der Waals surface area (Å²) in [5.41, 5.74) is 1.84. The summed E-state index contributed by atoms with van der Waals surface area (Å²) in [4.78, 5) is 25.7. The highest BCUT2D eigenvalue weighted by Gasteiger charge is 2.45. The molecule has 2 atom stereocenters. The van der Waals surface area contributed by atoms with Crippen LogP contribution in [0.5, 0.6) is 5.75 Å². The first kappa shape index (κ1) is 22.5. The average Bonchev–Trinajstić information content (AvgIpc) is 3.59. The number of fused-ring (bicyclic) bond motifs is 1. The number of benzene rings is 1. The smallest absolute Gasteiger partial charge is 0.342 e. The Balaban J connectivity index is 1.40.